The molecule has 2 aliphatic heterocycles. The molecule has 2 atom stereocenters. The Bertz CT molecular complexity index is 1160. The minimum Gasteiger partial charge on any atom is -0.382 e. The Morgan fingerprint density at radius 3 is 2.41 bits per heavy atom. The number of nitrogens with zero attached hydrogens (tertiary/aromatic N) is 2. The molecule has 2 aliphatic rings. The zero-order chi connectivity index (χ0) is 27.1. The van der Waals surface area contributed by atoms with E-state index in [9.17, 15) is 28.6 Å². The van der Waals surface area contributed by atoms with E-state index < -0.39 is 26.8 Å². The summed E-state index contributed by atoms with van der Waals surface area (Å²) in [6, 6.07) is 1.94. The fraction of sp³-hybridized carbons (Fsp3) is 0.478. The number of morpholine rings is 1. The number of nitrogens with one attached hydrogen (secondary N) is 2. The SMILES string of the molecule is C[C@@H]1CNC[C@H](CNc2c(N)ncc(F)c2C2CCN(C(=O)c3ccc(S(F)(F)(F)(F)F)cc3)CC2)O1. The van der Waals surface area contributed by atoms with Crippen LogP contribution in [0, 0.1) is 5.82 Å². The van der Waals surface area contributed by atoms with E-state index in [1.165, 1.54) is 4.90 Å². The number of carbonyl (C=O) groups is 1. The first-order chi connectivity index (χ1) is 17.1. The average Bonchev–Trinajstić information content (AvgIpc) is 2.83. The number of amides is 1. The number of nitrogen functional groups attached to an aromatic ring is 1. The molecular weight excluding hydrogens is 524 g/mol. The van der Waals surface area contributed by atoms with Crippen molar-refractivity contribution in [2.24, 2.45) is 0 Å². The highest BCUT2D eigenvalue weighted by molar-refractivity contribution is 8.45. The number of carbonyl (C=O) groups excluding carboxylic acids is 1. The zero-order valence-electron chi connectivity index (χ0n) is 20.0. The second kappa shape index (κ2) is 9.24. The molecule has 1 amide bonds. The standard InChI is InChI=1S/C23H29F6N5O2S/c1-14-10-31-11-17(36-14)12-32-21-20(19(24)13-33-22(21)30)15-6-8-34(9-7-15)23(35)16-2-4-18(5-3-16)37(25,26,27,28)29/h2-5,13-15,17,31-32H,6-12H2,1H3,(H2,30,33)/t14-,17-/m1/s1. The van der Waals surface area contributed by atoms with Crippen molar-refractivity contribution in [2.45, 2.75) is 42.8 Å². The predicted molar refractivity (Wildman–Crippen MR) is 130 cm³/mol. The first-order valence-corrected chi connectivity index (χ1v) is 13.7. The molecule has 0 radical (unpaired) electrons. The smallest absolute Gasteiger partial charge is 0.310 e. The number of benzene rings is 1. The Kier molecular flexibility index (Phi) is 6.82. The number of nitrogens with two attached hydrogens (primary N) is 1. The van der Waals surface area contributed by atoms with Crippen molar-refractivity contribution in [3.63, 3.8) is 0 Å². The number of pyridine rings is 1. The lowest BCUT2D eigenvalue weighted by molar-refractivity contribution is -0.0196. The van der Waals surface area contributed by atoms with Crippen molar-refractivity contribution in [3.05, 3.63) is 47.4 Å². The molecule has 2 fully saturated rings. The number of rotatable bonds is 6. The van der Waals surface area contributed by atoms with Gasteiger partial charge in [-0.25, -0.2) is 9.37 Å². The number of hydrogen-bond acceptors (Lipinski definition) is 6. The Morgan fingerprint density at radius 2 is 1.81 bits per heavy atom. The summed E-state index contributed by atoms with van der Waals surface area (Å²) in [6.45, 7) is 4.08. The van der Waals surface area contributed by atoms with E-state index in [1.807, 2.05) is 6.92 Å². The van der Waals surface area contributed by atoms with Crippen molar-refractivity contribution in [1.29, 1.82) is 0 Å². The minimum absolute atomic E-state index is 0.0347. The van der Waals surface area contributed by atoms with Gasteiger partial charge in [0.25, 0.3) is 5.91 Å². The molecule has 4 N–H and O–H groups in total. The lowest BCUT2D eigenvalue weighted by Gasteiger charge is -2.40. The third-order valence-corrected chi connectivity index (χ3v) is 7.73. The number of likely N-dealkylation sites (tertiary alicyclic amines) is 1. The summed E-state index contributed by atoms with van der Waals surface area (Å²) >= 11 is 0. The van der Waals surface area contributed by atoms with Gasteiger partial charge in [-0.2, -0.15) is 0 Å². The Morgan fingerprint density at radius 1 is 1.16 bits per heavy atom. The number of anilines is 2. The van der Waals surface area contributed by atoms with Crippen LogP contribution in [-0.2, 0) is 4.74 Å². The van der Waals surface area contributed by atoms with Gasteiger partial charge in [0.1, 0.15) is 16.5 Å². The Balaban J connectivity index is 1.43. The van der Waals surface area contributed by atoms with Gasteiger partial charge < -0.3 is 26.0 Å². The van der Waals surface area contributed by atoms with E-state index in [-0.39, 0.29) is 54.7 Å². The van der Waals surface area contributed by atoms with Crippen LogP contribution < -0.4 is 16.4 Å². The van der Waals surface area contributed by atoms with Gasteiger partial charge in [0.2, 0.25) is 0 Å². The number of halogens is 6. The highest BCUT2D eigenvalue weighted by Crippen LogP contribution is 3.02. The Hall–Kier alpha value is -2.71. The van der Waals surface area contributed by atoms with Crippen LogP contribution in [0.3, 0.4) is 0 Å². The summed E-state index contributed by atoms with van der Waals surface area (Å²) in [5, 5.41) is 6.42. The van der Waals surface area contributed by atoms with Crippen LogP contribution in [0.15, 0.2) is 35.4 Å². The largest absolute Gasteiger partial charge is 0.382 e. The second-order valence-corrected chi connectivity index (χ2v) is 11.9. The van der Waals surface area contributed by atoms with E-state index in [4.69, 9.17) is 10.5 Å². The predicted octanol–water partition coefficient (Wildman–Crippen LogP) is 5.27. The van der Waals surface area contributed by atoms with Gasteiger partial charge in [-0.05, 0) is 49.9 Å². The van der Waals surface area contributed by atoms with Crippen LogP contribution >= 0.6 is 10.2 Å². The molecule has 1 aromatic heterocycles. The molecule has 1 aromatic carbocycles. The number of ether oxygens (including phenoxy) is 1. The van der Waals surface area contributed by atoms with E-state index >= 15 is 0 Å². The third-order valence-electron chi connectivity index (χ3n) is 6.57. The molecule has 7 nitrogen and oxygen atoms in total. The average molecular weight is 554 g/mol. The van der Waals surface area contributed by atoms with Gasteiger partial charge in [0.15, 0.2) is 0 Å². The number of aromatic nitrogens is 1. The molecule has 3 heterocycles. The molecule has 0 spiro atoms. The summed E-state index contributed by atoms with van der Waals surface area (Å²) in [6.07, 6.45) is 1.66. The van der Waals surface area contributed by atoms with Crippen LogP contribution in [0.25, 0.3) is 0 Å². The molecule has 0 aliphatic carbocycles. The van der Waals surface area contributed by atoms with Gasteiger partial charge in [0, 0.05) is 43.9 Å². The number of piperidine rings is 1. The van der Waals surface area contributed by atoms with Gasteiger partial charge in [0.05, 0.1) is 24.1 Å². The molecule has 4 rings (SSSR count). The van der Waals surface area contributed by atoms with E-state index in [2.05, 4.69) is 15.6 Å². The van der Waals surface area contributed by atoms with Crippen molar-refractivity contribution in [1.82, 2.24) is 15.2 Å². The van der Waals surface area contributed by atoms with E-state index in [0.717, 1.165) is 24.9 Å². The fourth-order valence-electron chi connectivity index (χ4n) is 4.72. The summed E-state index contributed by atoms with van der Waals surface area (Å²) < 4.78 is 85.6. The van der Waals surface area contributed by atoms with Gasteiger partial charge in [-0.15, -0.1) is 0 Å². The molecule has 2 aromatic rings. The van der Waals surface area contributed by atoms with E-state index in [1.54, 1.807) is 0 Å². The lowest BCUT2D eigenvalue weighted by Crippen LogP contribution is -2.46. The molecule has 14 heteroatoms. The summed E-state index contributed by atoms with van der Waals surface area (Å²) in [5.41, 5.74) is 6.65. The van der Waals surface area contributed by atoms with Crippen molar-refractivity contribution >= 4 is 27.6 Å². The monoisotopic (exact) mass is 553 g/mol. The topological polar surface area (TPSA) is 92.5 Å². The summed E-state index contributed by atoms with van der Waals surface area (Å²) in [7, 11) is -9.82. The maximum absolute atomic E-state index is 14.9. The van der Waals surface area contributed by atoms with Crippen LogP contribution in [0.2, 0.25) is 0 Å². The van der Waals surface area contributed by atoms with Crippen LogP contribution in [0.5, 0.6) is 0 Å². The van der Waals surface area contributed by atoms with E-state index in [0.29, 0.717) is 37.2 Å². The fourth-order valence-corrected chi connectivity index (χ4v) is 5.37. The molecule has 0 bridgehead atoms. The summed E-state index contributed by atoms with van der Waals surface area (Å²) in [5.74, 6) is -1.28. The van der Waals surface area contributed by atoms with Crippen LogP contribution in [0.4, 0.5) is 35.3 Å². The first-order valence-electron chi connectivity index (χ1n) is 11.8. The maximum Gasteiger partial charge on any atom is 0.310 e. The third kappa shape index (κ3) is 6.41. The van der Waals surface area contributed by atoms with Gasteiger partial charge in [-0.3, -0.25) is 4.79 Å². The maximum atomic E-state index is 14.9. The van der Waals surface area contributed by atoms with Gasteiger partial charge >= 0.3 is 10.2 Å². The molecule has 206 valence electrons. The zero-order valence-corrected chi connectivity index (χ0v) is 20.8. The molecule has 37 heavy (non-hydrogen) atoms. The normalized spacial score (nSPS) is 23.3. The van der Waals surface area contributed by atoms with Gasteiger partial charge in [-0.1, -0.05) is 19.4 Å². The first kappa shape index (κ1) is 27.3. The second-order valence-electron chi connectivity index (χ2n) is 9.45. The quantitative estimate of drug-likeness (QED) is 0.423. The number of hydrogen-bond donors (Lipinski definition) is 3. The summed E-state index contributed by atoms with van der Waals surface area (Å²) in [4.78, 5) is 16.1. The molecule has 0 unspecified atom stereocenters. The van der Waals surface area contributed by atoms with Crippen molar-refractivity contribution < 1.29 is 33.4 Å². The molecule has 2 saturated heterocycles. The molecule has 0 saturated carbocycles. The minimum atomic E-state index is -9.82. The highest BCUT2D eigenvalue weighted by Gasteiger charge is 2.65. The van der Waals surface area contributed by atoms with Crippen molar-refractivity contribution in [2.75, 3.05) is 43.8 Å². The van der Waals surface area contributed by atoms with Crippen LogP contribution in [0.1, 0.15) is 41.6 Å². The Labute approximate surface area is 210 Å². The lowest BCUT2D eigenvalue weighted by atomic mass is 9.88. The molecular formula is C23H29F6N5O2S. The highest BCUT2D eigenvalue weighted by atomic mass is 32.5. The van der Waals surface area contributed by atoms with Crippen molar-refractivity contribution in [3.8, 4) is 0 Å². The van der Waals surface area contributed by atoms with Crippen LogP contribution in [-0.4, -0.2) is 60.7 Å².